The molecule has 0 aliphatic heterocycles. The number of halogens is 1. The molecule has 0 fully saturated rings. The van der Waals surface area contributed by atoms with Crippen LogP contribution in [0.25, 0.3) is 0 Å². The third kappa shape index (κ3) is 7.37. The second-order valence-corrected chi connectivity index (χ2v) is 4.09. The fourth-order valence-corrected chi connectivity index (χ4v) is 1.55. The van der Waals surface area contributed by atoms with Crippen molar-refractivity contribution in [3.05, 3.63) is 35.6 Å². The molecule has 0 saturated heterocycles. The molecule has 1 N–H and O–H groups in total. The zero-order valence-corrected chi connectivity index (χ0v) is 11.0. The molecule has 102 valence electrons. The number of rotatable bonds is 10. The van der Waals surface area contributed by atoms with Gasteiger partial charge >= 0.3 is 0 Å². The lowest BCUT2D eigenvalue weighted by Gasteiger charge is -2.06. The molecular weight excluding hydrogens is 233 g/mol. The molecule has 0 amide bonds. The molecule has 0 aliphatic carbocycles. The van der Waals surface area contributed by atoms with E-state index >= 15 is 0 Å². The number of hydrogen-bond acceptors (Lipinski definition) is 3. The number of benzene rings is 1. The van der Waals surface area contributed by atoms with Gasteiger partial charge < -0.3 is 14.8 Å². The Kier molecular flexibility index (Phi) is 8.38. The molecule has 4 heteroatoms. The Bertz CT molecular complexity index is 303. The quantitative estimate of drug-likeness (QED) is 0.649. The van der Waals surface area contributed by atoms with E-state index in [-0.39, 0.29) is 5.82 Å². The van der Waals surface area contributed by atoms with Crippen LogP contribution in [0.5, 0.6) is 0 Å². The van der Waals surface area contributed by atoms with Crippen LogP contribution in [0.4, 0.5) is 4.39 Å². The predicted molar refractivity (Wildman–Crippen MR) is 70.3 cm³/mol. The van der Waals surface area contributed by atoms with E-state index in [4.69, 9.17) is 9.47 Å². The Hall–Kier alpha value is -0.970. The summed E-state index contributed by atoms with van der Waals surface area (Å²) in [7, 11) is 1.67. The summed E-state index contributed by atoms with van der Waals surface area (Å²) in [5, 5.41) is 3.33. The van der Waals surface area contributed by atoms with Crippen LogP contribution in [0.3, 0.4) is 0 Å². The topological polar surface area (TPSA) is 30.5 Å². The van der Waals surface area contributed by atoms with Gasteiger partial charge in [0.05, 0.1) is 13.2 Å². The SMILES string of the molecule is COCCOCCCNCCc1ccc(F)cc1. The summed E-state index contributed by atoms with van der Waals surface area (Å²) in [6.07, 6.45) is 1.91. The third-order valence-electron chi connectivity index (χ3n) is 2.58. The van der Waals surface area contributed by atoms with Crippen molar-refractivity contribution < 1.29 is 13.9 Å². The van der Waals surface area contributed by atoms with Gasteiger partial charge in [0.15, 0.2) is 0 Å². The average molecular weight is 255 g/mol. The van der Waals surface area contributed by atoms with E-state index in [1.54, 1.807) is 7.11 Å². The first-order chi connectivity index (χ1) is 8.83. The normalized spacial score (nSPS) is 10.8. The monoisotopic (exact) mass is 255 g/mol. The summed E-state index contributed by atoms with van der Waals surface area (Å²) in [5.41, 5.74) is 1.15. The lowest BCUT2D eigenvalue weighted by molar-refractivity contribution is 0.0695. The number of ether oxygens (including phenoxy) is 2. The van der Waals surface area contributed by atoms with Gasteiger partial charge in [0, 0.05) is 13.7 Å². The highest BCUT2D eigenvalue weighted by atomic mass is 19.1. The summed E-state index contributed by atoms with van der Waals surface area (Å²) >= 11 is 0. The van der Waals surface area contributed by atoms with Crippen LogP contribution in [-0.4, -0.2) is 40.0 Å². The lowest BCUT2D eigenvalue weighted by atomic mass is 10.1. The Balaban J connectivity index is 1.91. The minimum atomic E-state index is -0.181. The maximum Gasteiger partial charge on any atom is 0.123 e. The van der Waals surface area contributed by atoms with Gasteiger partial charge in [-0.15, -0.1) is 0 Å². The summed E-state index contributed by atoms with van der Waals surface area (Å²) in [6.45, 7) is 3.91. The van der Waals surface area contributed by atoms with Crippen LogP contribution in [0.1, 0.15) is 12.0 Å². The van der Waals surface area contributed by atoms with Gasteiger partial charge in [-0.05, 0) is 43.6 Å². The molecule has 0 bridgehead atoms. The van der Waals surface area contributed by atoms with E-state index in [9.17, 15) is 4.39 Å². The lowest BCUT2D eigenvalue weighted by Crippen LogP contribution is -2.20. The molecule has 0 spiro atoms. The molecular formula is C14H22FNO2. The Morgan fingerprint density at radius 1 is 1.06 bits per heavy atom. The van der Waals surface area contributed by atoms with Gasteiger partial charge in [-0.2, -0.15) is 0 Å². The van der Waals surface area contributed by atoms with Crippen LogP contribution in [0.2, 0.25) is 0 Å². The first-order valence-electron chi connectivity index (χ1n) is 6.35. The fraction of sp³-hybridized carbons (Fsp3) is 0.571. The highest BCUT2D eigenvalue weighted by Gasteiger charge is 1.94. The highest BCUT2D eigenvalue weighted by molar-refractivity contribution is 5.16. The molecule has 1 aromatic rings. The number of methoxy groups -OCH3 is 1. The van der Waals surface area contributed by atoms with Crippen LogP contribution in [-0.2, 0) is 15.9 Å². The van der Waals surface area contributed by atoms with Gasteiger partial charge in [0.25, 0.3) is 0 Å². The van der Waals surface area contributed by atoms with Crippen molar-refractivity contribution in [2.24, 2.45) is 0 Å². The Morgan fingerprint density at radius 3 is 2.56 bits per heavy atom. The van der Waals surface area contributed by atoms with Crippen LogP contribution >= 0.6 is 0 Å². The number of hydrogen-bond donors (Lipinski definition) is 1. The van der Waals surface area contributed by atoms with E-state index in [1.165, 1.54) is 12.1 Å². The standard InChI is InChI=1S/C14H22FNO2/c1-17-11-12-18-10-2-8-16-9-7-13-3-5-14(15)6-4-13/h3-6,16H,2,7-12H2,1H3. The Morgan fingerprint density at radius 2 is 1.83 bits per heavy atom. The molecule has 1 aromatic carbocycles. The van der Waals surface area contributed by atoms with Crippen molar-refractivity contribution in [2.45, 2.75) is 12.8 Å². The molecule has 0 radical (unpaired) electrons. The van der Waals surface area contributed by atoms with Gasteiger partial charge in [-0.25, -0.2) is 4.39 Å². The smallest absolute Gasteiger partial charge is 0.123 e. The number of nitrogens with one attached hydrogen (secondary N) is 1. The maximum atomic E-state index is 12.7. The Labute approximate surface area is 108 Å². The third-order valence-corrected chi connectivity index (χ3v) is 2.58. The molecule has 0 heterocycles. The first-order valence-corrected chi connectivity index (χ1v) is 6.35. The zero-order chi connectivity index (χ0) is 13.1. The van der Waals surface area contributed by atoms with Crippen molar-refractivity contribution >= 4 is 0 Å². The van der Waals surface area contributed by atoms with Crippen molar-refractivity contribution in [3.63, 3.8) is 0 Å². The van der Waals surface area contributed by atoms with Crippen LogP contribution in [0, 0.1) is 5.82 Å². The molecule has 0 aliphatic rings. The minimum Gasteiger partial charge on any atom is -0.382 e. The molecule has 0 saturated carbocycles. The van der Waals surface area contributed by atoms with E-state index in [2.05, 4.69) is 5.32 Å². The van der Waals surface area contributed by atoms with Crippen molar-refractivity contribution in [1.29, 1.82) is 0 Å². The summed E-state index contributed by atoms with van der Waals surface area (Å²) in [4.78, 5) is 0. The second-order valence-electron chi connectivity index (χ2n) is 4.09. The van der Waals surface area contributed by atoms with Crippen LogP contribution < -0.4 is 5.32 Å². The van der Waals surface area contributed by atoms with Crippen molar-refractivity contribution in [3.8, 4) is 0 Å². The predicted octanol–water partition coefficient (Wildman–Crippen LogP) is 2.01. The van der Waals surface area contributed by atoms with E-state index in [1.807, 2.05) is 12.1 Å². The van der Waals surface area contributed by atoms with E-state index in [0.717, 1.165) is 38.1 Å². The second kappa shape index (κ2) is 10.00. The summed E-state index contributed by atoms with van der Waals surface area (Å²) in [6, 6.07) is 6.65. The zero-order valence-electron chi connectivity index (χ0n) is 11.0. The van der Waals surface area contributed by atoms with Gasteiger partial charge in [-0.1, -0.05) is 12.1 Å². The molecule has 0 unspecified atom stereocenters. The van der Waals surface area contributed by atoms with Gasteiger partial charge in [0.2, 0.25) is 0 Å². The van der Waals surface area contributed by atoms with Crippen molar-refractivity contribution in [1.82, 2.24) is 5.32 Å². The molecule has 3 nitrogen and oxygen atoms in total. The highest BCUT2D eigenvalue weighted by Crippen LogP contribution is 2.02. The van der Waals surface area contributed by atoms with E-state index in [0.29, 0.717) is 13.2 Å². The minimum absolute atomic E-state index is 0.181. The fourth-order valence-electron chi connectivity index (χ4n) is 1.55. The molecule has 0 aromatic heterocycles. The summed E-state index contributed by atoms with van der Waals surface area (Å²) in [5.74, 6) is -0.181. The van der Waals surface area contributed by atoms with E-state index < -0.39 is 0 Å². The molecule has 0 atom stereocenters. The van der Waals surface area contributed by atoms with Gasteiger partial charge in [-0.3, -0.25) is 0 Å². The first kappa shape index (κ1) is 15.1. The van der Waals surface area contributed by atoms with Crippen LogP contribution in [0.15, 0.2) is 24.3 Å². The summed E-state index contributed by atoms with van der Waals surface area (Å²) < 4.78 is 22.9. The largest absolute Gasteiger partial charge is 0.382 e. The van der Waals surface area contributed by atoms with Crippen molar-refractivity contribution in [2.75, 3.05) is 40.0 Å². The van der Waals surface area contributed by atoms with Gasteiger partial charge in [0.1, 0.15) is 5.82 Å². The average Bonchev–Trinajstić information content (AvgIpc) is 2.39. The molecule has 1 rings (SSSR count). The maximum absolute atomic E-state index is 12.7. The molecule has 18 heavy (non-hydrogen) atoms.